The summed E-state index contributed by atoms with van der Waals surface area (Å²) in [4.78, 5) is 42.2. The number of hydrogen-bond donors (Lipinski definition) is 3. The Labute approximate surface area is 198 Å². The molecule has 11 heteroatoms. The molecular weight excluding hydrogens is 458 g/mol. The van der Waals surface area contributed by atoms with Crippen LogP contribution in [0.2, 0.25) is 0 Å². The lowest BCUT2D eigenvalue weighted by molar-refractivity contribution is -0.127. The molecule has 9 nitrogen and oxygen atoms in total. The first-order valence-electron chi connectivity index (χ1n) is 11.5. The second-order valence-electron chi connectivity index (χ2n) is 9.09. The molecule has 2 aromatic carbocycles. The Morgan fingerprint density at radius 2 is 1.71 bits per heavy atom. The summed E-state index contributed by atoms with van der Waals surface area (Å²) in [5.74, 6) is -1.45. The first-order chi connectivity index (χ1) is 16.9. The first kappa shape index (κ1) is 21.7. The van der Waals surface area contributed by atoms with Crippen LogP contribution in [-0.2, 0) is 4.79 Å². The van der Waals surface area contributed by atoms with Crippen molar-refractivity contribution >= 4 is 28.4 Å². The summed E-state index contributed by atoms with van der Waals surface area (Å²) < 4.78 is 28.1. The predicted octanol–water partition coefficient (Wildman–Crippen LogP) is 2.43. The third-order valence-electron chi connectivity index (χ3n) is 7.07. The Hall–Kier alpha value is -3.86. The number of urea groups is 1. The molecule has 0 aliphatic carbocycles. The third-order valence-corrected chi connectivity index (χ3v) is 7.07. The van der Waals surface area contributed by atoms with E-state index in [1.165, 1.54) is 23.1 Å². The normalized spacial score (nSPS) is 22.7. The van der Waals surface area contributed by atoms with Crippen LogP contribution >= 0.6 is 0 Å². The molecule has 2 saturated heterocycles. The number of imide groups is 1. The van der Waals surface area contributed by atoms with Crippen LogP contribution in [0, 0.1) is 11.6 Å². The predicted molar refractivity (Wildman–Crippen MR) is 123 cm³/mol. The number of rotatable bonds is 3. The molecule has 0 saturated carbocycles. The standard InChI is InChI=1S/C24H22F2N6O3/c25-13-3-1-12(2-4-13)20-22(32-18(33)11-31(24(32)35)15-5-7-27-8-6-15)21-19-16(23(34)30-29-21)9-14(26)10-17(19)28-20/h1-4,9-10,15,20,22,27-28H,5-8,11H2,(H,30,34). The van der Waals surface area contributed by atoms with E-state index >= 15 is 0 Å². The Kier molecular flexibility index (Phi) is 5.03. The quantitative estimate of drug-likeness (QED) is 0.497. The summed E-state index contributed by atoms with van der Waals surface area (Å²) in [6.07, 6.45) is 1.47. The van der Waals surface area contributed by atoms with E-state index in [9.17, 15) is 23.2 Å². The van der Waals surface area contributed by atoms with Crippen LogP contribution in [0.4, 0.5) is 19.3 Å². The lowest BCUT2D eigenvalue weighted by atomic mass is 9.88. The van der Waals surface area contributed by atoms with Crippen LogP contribution in [-0.4, -0.2) is 57.6 Å². The number of halogens is 2. The Bertz CT molecular complexity index is 1400. The van der Waals surface area contributed by atoms with E-state index in [1.54, 1.807) is 17.0 Å². The Morgan fingerprint density at radius 1 is 0.971 bits per heavy atom. The van der Waals surface area contributed by atoms with Gasteiger partial charge in [0, 0.05) is 17.1 Å². The van der Waals surface area contributed by atoms with Gasteiger partial charge in [0.15, 0.2) is 0 Å². The van der Waals surface area contributed by atoms with Crippen molar-refractivity contribution in [1.29, 1.82) is 0 Å². The van der Waals surface area contributed by atoms with E-state index < -0.39 is 35.3 Å². The van der Waals surface area contributed by atoms with Crippen LogP contribution in [0.1, 0.15) is 36.2 Å². The summed E-state index contributed by atoms with van der Waals surface area (Å²) in [5, 5.41) is 13.5. The largest absolute Gasteiger partial charge is 0.375 e. The molecule has 3 amide bonds. The summed E-state index contributed by atoms with van der Waals surface area (Å²) in [7, 11) is 0. The summed E-state index contributed by atoms with van der Waals surface area (Å²) >= 11 is 0. The van der Waals surface area contributed by atoms with Gasteiger partial charge in [0.2, 0.25) is 0 Å². The average molecular weight is 480 g/mol. The molecule has 180 valence electrons. The second kappa shape index (κ2) is 8.12. The monoisotopic (exact) mass is 480 g/mol. The summed E-state index contributed by atoms with van der Waals surface area (Å²) in [6.45, 7) is 1.46. The van der Waals surface area contributed by atoms with Crippen molar-refractivity contribution in [2.45, 2.75) is 31.0 Å². The third kappa shape index (κ3) is 3.45. The minimum absolute atomic E-state index is 0.0566. The number of piperidine rings is 1. The van der Waals surface area contributed by atoms with Crippen LogP contribution < -0.4 is 16.2 Å². The van der Waals surface area contributed by atoms with Gasteiger partial charge >= 0.3 is 6.03 Å². The van der Waals surface area contributed by atoms with Crippen LogP contribution in [0.3, 0.4) is 0 Å². The van der Waals surface area contributed by atoms with E-state index in [0.717, 1.165) is 32.0 Å². The fourth-order valence-corrected chi connectivity index (χ4v) is 5.44. The molecule has 3 aromatic rings. The number of H-pyrrole nitrogens is 1. The topological polar surface area (TPSA) is 110 Å². The molecule has 1 aromatic heterocycles. The van der Waals surface area contributed by atoms with Gasteiger partial charge in [0.25, 0.3) is 11.5 Å². The molecular formula is C24H22F2N6O3. The van der Waals surface area contributed by atoms with Crippen LogP contribution in [0.25, 0.3) is 10.8 Å². The molecule has 0 radical (unpaired) electrons. The van der Waals surface area contributed by atoms with Crippen molar-refractivity contribution in [2.24, 2.45) is 0 Å². The van der Waals surface area contributed by atoms with Gasteiger partial charge in [-0.15, -0.1) is 0 Å². The number of amides is 3. The van der Waals surface area contributed by atoms with Gasteiger partial charge in [-0.2, -0.15) is 5.10 Å². The molecule has 3 aliphatic rings. The molecule has 2 atom stereocenters. The van der Waals surface area contributed by atoms with E-state index in [1.807, 2.05) is 0 Å². The highest BCUT2D eigenvalue weighted by molar-refractivity contribution is 6.04. The minimum Gasteiger partial charge on any atom is -0.375 e. The highest BCUT2D eigenvalue weighted by Crippen LogP contribution is 2.46. The van der Waals surface area contributed by atoms with Gasteiger partial charge in [-0.3, -0.25) is 14.5 Å². The van der Waals surface area contributed by atoms with Crippen molar-refractivity contribution < 1.29 is 18.4 Å². The highest BCUT2D eigenvalue weighted by Gasteiger charge is 2.49. The molecule has 3 aliphatic heterocycles. The van der Waals surface area contributed by atoms with Gasteiger partial charge in [-0.25, -0.2) is 18.7 Å². The van der Waals surface area contributed by atoms with Crippen LogP contribution in [0.15, 0.2) is 41.2 Å². The first-order valence-corrected chi connectivity index (χ1v) is 11.5. The van der Waals surface area contributed by atoms with Gasteiger partial charge in [0.1, 0.15) is 24.2 Å². The highest BCUT2D eigenvalue weighted by atomic mass is 19.1. The number of carbonyl (C=O) groups is 2. The SMILES string of the molecule is O=C1CN(C2CCNCC2)C(=O)N1C1c2n[nH]c(=O)c3cc(F)cc(c23)NC1c1ccc(F)cc1. The number of aromatic nitrogens is 2. The van der Waals surface area contributed by atoms with Gasteiger partial charge in [-0.1, -0.05) is 12.1 Å². The van der Waals surface area contributed by atoms with Crippen molar-refractivity contribution in [2.75, 3.05) is 25.0 Å². The average Bonchev–Trinajstić information content (AvgIpc) is 3.15. The fourth-order valence-electron chi connectivity index (χ4n) is 5.44. The number of nitrogens with one attached hydrogen (secondary N) is 3. The van der Waals surface area contributed by atoms with Crippen molar-refractivity contribution in [3.63, 3.8) is 0 Å². The Morgan fingerprint density at radius 3 is 2.46 bits per heavy atom. The number of aromatic amines is 1. The maximum Gasteiger partial charge on any atom is 0.328 e. The van der Waals surface area contributed by atoms with Crippen molar-refractivity contribution in [3.05, 3.63) is 69.6 Å². The van der Waals surface area contributed by atoms with Crippen LogP contribution in [0.5, 0.6) is 0 Å². The maximum absolute atomic E-state index is 14.4. The van der Waals surface area contributed by atoms with E-state index in [4.69, 9.17) is 0 Å². The number of hydrogen-bond acceptors (Lipinski definition) is 6. The molecule has 3 N–H and O–H groups in total. The van der Waals surface area contributed by atoms with Crippen molar-refractivity contribution in [3.8, 4) is 0 Å². The zero-order valence-electron chi connectivity index (χ0n) is 18.6. The van der Waals surface area contributed by atoms with E-state index in [0.29, 0.717) is 16.6 Å². The van der Waals surface area contributed by atoms with Crippen molar-refractivity contribution in [1.82, 2.24) is 25.3 Å². The Balaban J connectivity index is 1.51. The maximum atomic E-state index is 14.4. The molecule has 35 heavy (non-hydrogen) atoms. The fraction of sp³-hybridized carbons (Fsp3) is 0.333. The lowest BCUT2D eigenvalue weighted by Crippen LogP contribution is -2.47. The lowest BCUT2D eigenvalue weighted by Gasteiger charge is -2.38. The van der Waals surface area contributed by atoms with E-state index in [-0.39, 0.29) is 29.6 Å². The number of benzene rings is 2. The number of carbonyl (C=O) groups excluding carboxylic acids is 2. The van der Waals surface area contributed by atoms with Gasteiger partial charge in [-0.05, 0) is 55.8 Å². The zero-order valence-corrected chi connectivity index (χ0v) is 18.6. The molecule has 0 spiro atoms. The summed E-state index contributed by atoms with van der Waals surface area (Å²) in [5.41, 5.74) is 0.582. The molecule has 2 fully saturated rings. The van der Waals surface area contributed by atoms with Gasteiger partial charge in [0.05, 0.1) is 17.1 Å². The molecule has 0 bridgehead atoms. The number of nitrogens with zero attached hydrogens (tertiary/aromatic N) is 3. The second-order valence-corrected chi connectivity index (χ2v) is 9.09. The molecule has 2 unspecified atom stereocenters. The number of anilines is 1. The minimum atomic E-state index is -0.940. The molecule has 4 heterocycles. The molecule has 6 rings (SSSR count). The van der Waals surface area contributed by atoms with Gasteiger partial charge < -0.3 is 15.5 Å². The van der Waals surface area contributed by atoms with E-state index in [2.05, 4.69) is 20.8 Å². The smallest absolute Gasteiger partial charge is 0.328 e. The zero-order chi connectivity index (χ0) is 24.3. The summed E-state index contributed by atoms with van der Waals surface area (Å²) in [6, 6.07) is 5.81.